The van der Waals surface area contributed by atoms with E-state index in [9.17, 15) is 9.59 Å². The Balaban J connectivity index is 1.35. The molecule has 0 unspecified atom stereocenters. The van der Waals surface area contributed by atoms with Crippen molar-refractivity contribution < 1.29 is 9.59 Å². The second kappa shape index (κ2) is 9.98. The topological polar surface area (TPSA) is 49.4 Å². The Hall–Kier alpha value is -2.53. The van der Waals surface area contributed by atoms with Gasteiger partial charge in [-0.05, 0) is 55.4 Å². The smallest absolute Gasteiger partial charge is 0.251 e. The molecule has 1 saturated heterocycles. The highest BCUT2D eigenvalue weighted by molar-refractivity contribution is 8.00. The van der Waals surface area contributed by atoms with Crippen molar-refractivity contribution in [3.05, 3.63) is 82.9 Å². The van der Waals surface area contributed by atoms with E-state index in [2.05, 4.69) is 11.4 Å². The van der Waals surface area contributed by atoms with E-state index in [4.69, 9.17) is 0 Å². The van der Waals surface area contributed by atoms with Crippen LogP contribution in [0.25, 0.3) is 0 Å². The van der Waals surface area contributed by atoms with Gasteiger partial charge in [-0.15, -0.1) is 11.8 Å². The molecule has 0 saturated carbocycles. The summed E-state index contributed by atoms with van der Waals surface area (Å²) in [5.41, 5.74) is 4.33. The Labute approximate surface area is 182 Å². The minimum atomic E-state index is -0.0331. The Kier molecular flexibility index (Phi) is 6.90. The van der Waals surface area contributed by atoms with Gasteiger partial charge < -0.3 is 10.2 Å². The van der Waals surface area contributed by atoms with E-state index in [1.807, 2.05) is 59.5 Å². The van der Waals surface area contributed by atoms with Crippen molar-refractivity contribution >= 4 is 23.6 Å². The van der Waals surface area contributed by atoms with Gasteiger partial charge in [-0.2, -0.15) is 0 Å². The van der Waals surface area contributed by atoms with Gasteiger partial charge in [-0.25, -0.2) is 0 Å². The zero-order valence-corrected chi connectivity index (χ0v) is 18.0. The predicted molar refractivity (Wildman–Crippen MR) is 122 cm³/mol. The molecule has 1 N–H and O–H groups in total. The normalized spacial score (nSPS) is 18.9. The van der Waals surface area contributed by atoms with Gasteiger partial charge >= 0.3 is 0 Å². The summed E-state index contributed by atoms with van der Waals surface area (Å²) in [6.45, 7) is 1.29. The van der Waals surface area contributed by atoms with Gasteiger partial charge in [-0.3, -0.25) is 9.59 Å². The quantitative estimate of drug-likeness (QED) is 0.636. The first-order valence-corrected chi connectivity index (χ1v) is 11.8. The fourth-order valence-corrected chi connectivity index (χ4v) is 5.24. The highest BCUT2D eigenvalue weighted by Gasteiger charge is 2.32. The number of nitrogens with one attached hydrogen (secondary N) is 1. The molecule has 2 aromatic carbocycles. The van der Waals surface area contributed by atoms with Gasteiger partial charge in [0.25, 0.3) is 5.91 Å². The first-order valence-electron chi connectivity index (χ1n) is 10.7. The van der Waals surface area contributed by atoms with Gasteiger partial charge in [0.2, 0.25) is 5.91 Å². The first-order chi connectivity index (χ1) is 14.7. The SMILES string of the molecule is O=C(NCCC1=CCCCC1)c1ccc([C@@H]2SCC(=O)N2Cc2ccccc2)cc1. The van der Waals surface area contributed by atoms with Crippen molar-refractivity contribution in [3.8, 4) is 0 Å². The Morgan fingerprint density at radius 3 is 2.60 bits per heavy atom. The molecule has 4 rings (SSSR count). The summed E-state index contributed by atoms with van der Waals surface area (Å²) in [4.78, 5) is 26.8. The summed E-state index contributed by atoms with van der Waals surface area (Å²) in [5.74, 6) is 0.622. The van der Waals surface area contributed by atoms with Crippen molar-refractivity contribution in [3.63, 3.8) is 0 Å². The molecule has 4 nitrogen and oxygen atoms in total. The summed E-state index contributed by atoms with van der Waals surface area (Å²) in [7, 11) is 0. The van der Waals surface area contributed by atoms with Crippen LogP contribution in [0.2, 0.25) is 0 Å². The first kappa shape index (κ1) is 20.7. The third-order valence-corrected chi connectivity index (χ3v) is 6.99. The lowest BCUT2D eigenvalue weighted by Crippen LogP contribution is -2.28. The number of hydrogen-bond donors (Lipinski definition) is 1. The largest absolute Gasteiger partial charge is 0.352 e. The van der Waals surface area contributed by atoms with Crippen LogP contribution in [-0.4, -0.2) is 29.0 Å². The molecule has 1 aliphatic heterocycles. The van der Waals surface area contributed by atoms with Crippen molar-refractivity contribution in [2.24, 2.45) is 0 Å². The maximum atomic E-state index is 12.5. The van der Waals surface area contributed by atoms with Crippen molar-refractivity contribution in [2.75, 3.05) is 12.3 Å². The number of nitrogens with zero attached hydrogens (tertiary/aromatic N) is 1. The minimum Gasteiger partial charge on any atom is -0.352 e. The summed E-state index contributed by atoms with van der Waals surface area (Å²) in [6.07, 6.45) is 8.17. The van der Waals surface area contributed by atoms with E-state index >= 15 is 0 Å². The highest BCUT2D eigenvalue weighted by atomic mass is 32.2. The zero-order chi connectivity index (χ0) is 20.8. The van der Waals surface area contributed by atoms with Crippen LogP contribution in [0.15, 0.2) is 66.2 Å². The number of amides is 2. The van der Waals surface area contributed by atoms with E-state index in [1.54, 1.807) is 11.8 Å². The lowest BCUT2D eigenvalue weighted by molar-refractivity contribution is -0.128. The fourth-order valence-electron chi connectivity index (χ4n) is 4.05. The Morgan fingerprint density at radius 2 is 1.87 bits per heavy atom. The van der Waals surface area contributed by atoms with E-state index in [1.165, 1.54) is 31.3 Å². The molecule has 1 heterocycles. The van der Waals surface area contributed by atoms with E-state index in [0.29, 0.717) is 24.4 Å². The molecule has 2 amide bonds. The van der Waals surface area contributed by atoms with Gasteiger partial charge in [0.15, 0.2) is 0 Å². The summed E-state index contributed by atoms with van der Waals surface area (Å²) >= 11 is 1.64. The molecule has 0 radical (unpaired) electrons. The third-order valence-electron chi connectivity index (χ3n) is 5.74. The van der Waals surface area contributed by atoms with Crippen LogP contribution >= 0.6 is 11.8 Å². The molecule has 0 spiro atoms. The molecular formula is C25H28N2O2S. The van der Waals surface area contributed by atoms with E-state index < -0.39 is 0 Å². The monoisotopic (exact) mass is 420 g/mol. The number of rotatable bonds is 7. The Bertz CT molecular complexity index is 909. The van der Waals surface area contributed by atoms with Crippen LogP contribution in [0.3, 0.4) is 0 Å². The number of hydrogen-bond acceptors (Lipinski definition) is 3. The Morgan fingerprint density at radius 1 is 1.07 bits per heavy atom. The maximum Gasteiger partial charge on any atom is 0.251 e. The molecule has 2 aliphatic rings. The molecule has 1 fully saturated rings. The van der Waals surface area contributed by atoms with Gasteiger partial charge in [0.1, 0.15) is 5.37 Å². The van der Waals surface area contributed by atoms with Crippen LogP contribution < -0.4 is 5.32 Å². The molecule has 156 valence electrons. The molecule has 5 heteroatoms. The standard InChI is InChI=1S/C25H28N2O2S/c28-23-18-30-25(27(23)17-20-9-5-2-6-10-20)22-13-11-21(12-14-22)24(29)26-16-15-19-7-3-1-4-8-19/h2,5-7,9-14,25H,1,3-4,8,15-18H2,(H,26,29)/t25-/m0/s1. The summed E-state index contributed by atoms with van der Waals surface area (Å²) < 4.78 is 0. The lowest BCUT2D eigenvalue weighted by atomic mass is 9.97. The van der Waals surface area contributed by atoms with Gasteiger partial charge in [0.05, 0.1) is 5.75 Å². The van der Waals surface area contributed by atoms with E-state index in [0.717, 1.165) is 17.5 Å². The average Bonchev–Trinajstić information content (AvgIpc) is 3.15. The minimum absolute atomic E-state index is 0.00643. The van der Waals surface area contributed by atoms with Crippen molar-refractivity contribution in [1.82, 2.24) is 10.2 Å². The zero-order valence-electron chi connectivity index (χ0n) is 17.2. The van der Waals surface area contributed by atoms with E-state index in [-0.39, 0.29) is 17.2 Å². The summed E-state index contributed by atoms with van der Waals surface area (Å²) in [6, 6.07) is 17.8. The van der Waals surface area contributed by atoms with Gasteiger partial charge in [0, 0.05) is 18.7 Å². The predicted octanol–water partition coefficient (Wildman–Crippen LogP) is 5.08. The van der Waals surface area contributed by atoms with Crippen LogP contribution in [0, 0.1) is 0 Å². The van der Waals surface area contributed by atoms with Crippen LogP contribution in [0.4, 0.5) is 0 Å². The molecule has 2 aromatic rings. The number of benzene rings is 2. The molecule has 1 aliphatic carbocycles. The highest BCUT2D eigenvalue weighted by Crippen LogP contribution is 2.39. The van der Waals surface area contributed by atoms with Crippen molar-refractivity contribution in [2.45, 2.75) is 44.0 Å². The number of allylic oxidation sites excluding steroid dienone is 1. The second-order valence-electron chi connectivity index (χ2n) is 7.91. The lowest BCUT2D eigenvalue weighted by Gasteiger charge is -2.24. The summed E-state index contributed by atoms with van der Waals surface area (Å²) in [5, 5.41) is 3.03. The number of carbonyl (C=O) groups is 2. The average molecular weight is 421 g/mol. The molecular weight excluding hydrogens is 392 g/mol. The van der Waals surface area contributed by atoms with Crippen LogP contribution in [0.5, 0.6) is 0 Å². The number of thioether (sulfide) groups is 1. The molecule has 1 atom stereocenters. The number of carbonyl (C=O) groups excluding carboxylic acids is 2. The van der Waals surface area contributed by atoms with Crippen LogP contribution in [0.1, 0.15) is 59.0 Å². The van der Waals surface area contributed by atoms with Crippen LogP contribution in [-0.2, 0) is 11.3 Å². The molecule has 0 bridgehead atoms. The molecule has 0 aromatic heterocycles. The fraction of sp³-hybridized carbons (Fsp3) is 0.360. The molecule has 30 heavy (non-hydrogen) atoms. The maximum absolute atomic E-state index is 12.5. The third kappa shape index (κ3) is 5.14. The van der Waals surface area contributed by atoms with Gasteiger partial charge in [-0.1, -0.05) is 54.1 Å². The second-order valence-corrected chi connectivity index (χ2v) is 8.98. The van der Waals surface area contributed by atoms with Crippen molar-refractivity contribution in [1.29, 1.82) is 0 Å².